The number of esters is 1. The number of carbonyl (C=O) groups excluding carboxylic acids is 1. The lowest BCUT2D eigenvalue weighted by atomic mass is 10.4. The first-order chi connectivity index (χ1) is 8.60. The average molecular weight is 311 g/mol. The van der Waals surface area contributed by atoms with Gasteiger partial charge in [-0.2, -0.15) is 0 Å². The Hall–Kier alpha value is -1.69. The van der Waals surface area contributed by atoms with Crippen molar-refractivity contribution in [2.24, 2.45) is 0 Å². The molecule has 0 aliphatic carbocycles. The van der Waals surface area contributed by atoms with Gasteiger partial charge in [-0.1, -0.05) is 6.92 Å². The van der Waals surface area contributed by atoms with Crippen molar-refractivity contribution in [3.63, 3.8) is 0 Å². The van der Waals surface area contributed by atoms with Crippen LogP contribution in [0.15, 0.2) is 33.7 Å². The zero-order valence-corrected chi connectivity index (χ0v) is 11.3. The fourth-order valence-electron chi connectivity index (χ4n) is 1.46. The van der Waals surface area contributed by atoms with Gasteiger partial charge in [-0.15, -0.1) is 0 Å². The molecule has 0 saturated heterocycles. The molecule has 0 saturated carbocycles. The van der Waals surface area contributed by atoms with Crippen molar-refractivity contribution in [2.45, 2.75) is 20.0 Å². The Kier molecular flexibility index (Phi) is 3.76. The number of carbonyl (C=O) groups is 1. The Morgan fingerprint density at radius 1 is 1.50 bits per heavy atom. The zero-order chi connectivity index (χ0) is 13.1. The van der Waals surface area contributed by atoms with E-state index in [4.69, 9.17) is 4.74 Å². The molecule has 0 atom stereocenters. The van der Waals surface area contributed by atoms with E-state index < -0.39 is 0 Å². The van der Waals surface area contributed by atoms with Crippen LogP contribution in [-0.4, -0.2) is 15.4 Å². The fourth-order valence-corrected chi connectivity index (χ4v) is 1.79. The first kappa shape index (κ1) is 12.8. The first-order valence-corrected chi connectivity index (χ1v) is 6.23. The minimum Gasteiger partial charge on any atom is -0.459 e. The summed E-state index contributed by atoms with van der Waals surface area (Å²) in [5, 5.41) is 0. The molecule has 0 fully saturated rings. The summed E-state index contributed by atoms with van der Waals surface area (Å²) in [6.07, 6.45) is 1.95. The number of nitrogens with zero attached hydrogens (tertiary/aromatic N) is 2. The fraction of sp³-hybridized carbons (Fsp3) is 0.250. The summed E-state index contributed by atoms with van der Waals surface area (Å²) in [5.41, 5.74) is 0.765. The number of hydrogen-bond donors (Lipinski definition) is 0. The maximum Gasteiger partial charge on any atom is 0.305 e. The number of hydrogen-bond acceptors (Lipinski definition) is 4. The molecule has 2 aromatic rings. The third-order valence-corrected chi connectivity index (χ3v) is 2.82. The molecule has 2 heterocycles. The second kappa shape index (κ2) is 5.30. The van der Waals surface area contributed by atoms with Crippen molar-refractivity contribution in [3.8, 4) is 0 Å². The molecular weight excluding hydrogens is 300 g/mol. The van der Waals surface area contributed by atoms with Gasteiger partial charge in [-0.3, -0.25) is 14.0 Å². The van der Waals surface area contributed by atoms with Crippen molar-refractivity contribution >= 4 is 27.5 Å². The second-order valence-electron chi connectivity index (χ2n) is 3.68. The van der Waals surface area contributed by atoms with Crippen LogP contribution in [-0.2, 0) is 16.1 Å². The molecule has 0 aliphatic rings. The molecule has 0 radical (unpaired) electrons. The number of aromatic nitrogens is 2. The van der Waals surface area contributed by atoms with Crippen molar-refractivity contribution in [1.29, 1.82) is 0 Å². The van der Waals surface area contributed by atoms with Gasteiger partial charge in [0.2, 0.25) is 0 Å². The van der Waals surface area contributed by atoms with E-state index in [2.05, 4.69) is 20.9 Å². The summed E-state index contributed by atoms with van der Waals surface area (Å²) in [4.78, 5) is 27.1. The Bertz CT molecular complexity index is 651. The maximum absolute atomic E-state index is 11.8. The molecule has 5 nitrogen and oxygen atoms in total. The van der Waals surface area contributed by atoms with E-state index in [-0.39, 0.29) is 18.1 Å². The van der Waals surface area contributed by atoms with E-state index in [1.165, 1.54) is 10.5 Å². The Morgan fingerprint density at radius 3 is 3.00 bits per heavy atom. The summed E-state index contributed by atoms with van der Waals surface area (Å²) < 4.78 is 7.17. The molecule has 18 heavy (non-hydrogen) atoms. The van der Waals surface area contributed by atoms with Gasteiger partial charge in [0.15, 0.2) is 0 Å². The lowest BCUT2D eigenvalue weighted by molar-refractivity contribution is -0.144. The first-order valence-electron chi connectivity index (χ1n) is 5.43. The van der Waals surface area contributed by atoms with Crippen LogP contribution in [0.1, 0.15) is 19.0 Å². The Morgan fingerprint density at radius 2 is 2.28 bits per heavy atom. The number of rotatable bonds is 3. The van der Waals surface area contributed by atoms with Gasteiger partial charge in [0.25, 0.3) is 5.56 Å². The van der Waals surface area contributed by atoms with Crippen LogP contribution in [0.25, 0.3) is 5.65 Å². The van der Waals surface area contributed by atoms with Crippen LogP contribution in [0.3, 0.4) is 0 Å². The molecule has 0 unspecified atom stereocenters. The largest absolute Gasteiger partial charge is 0.459 e. The summed E-state index contributed by atoms with van der Waals surface area (Å²) in [7, 11) is 0. The number of halogens is 1. The van der Waals surface area contributed by atoms with Crippen LogP contribution in [0.2, 0.25) is 0 Å². The van der Waals surface area contributed by atoms with Crippen molar-refractivity contribution in [3.05, 3.63) is 44.9 Å². The van der Waals surface area contributed by atoms with E-state index in [1.807, 2.05) is 0 Å². The zero-order valence-electron chi connectivity index (χ0n) is 9.72. The molecule has 6 heteroatoms. The lowest BCUT2D eigenvalue weighted by Gasteiger charge is -2.05. The Labute approximate surface area is 112 Å². The van der Waals surface area contributed by atoms with Crippen LogP contribution < -0.4 is 5.56 Å². The third kappa shape index (κ3) is 2.76. The molecule has 0 N–H and O–H groups in total. The van der Waals surface area contributed by atoms with Crippen LogP contribution in [0.5, 0.6) is 0 Å². The van der Waals surface area contributed by atoms with Gasteiger partial charge in [0.1, 0.15) is 12.3 Å². The number of pyridine rings is 1. The van der Waals surface area contributed by atoms with E-state index in [9.17, 15) is 9.59 Å². The van der Waals surface area contributed by atoms with Gasteiger partial charge >= 0.3 is 5.97 Å². The molecule has 94 valence electrons. The van der Waals surface area contributed by atoms with Crippen molar-refractivity contribution in [1.82, 2.24) is 9.38 Å². The molecule has 0 amide bonds. The smallest absolute Gasteiger partial charge is 0.305 e. The van der Waals surface area contributed by atoms with E-state index in [0.717, 1.165) is 4.47 Å². The van der Waals surface area contributed by atoms with Crippen LogP contribution in [0.4, 0.5) is 0 Å². The molecule has 0 bridgehead atoms. The quantitative estimate of drug-likeness (QED) is 0.813. The Balaban J connectivity index is 2.34. The highest BCUT2D eigenvalue weighted by atomic mass is 79.9. The minimum absolute atomic E-state index is 0.0223. The molecule has 0 spiro atoms. The van der Waals surface area contributed by atoms with Crippen LogP contribution >= 0.6 is 15.9 Å². The summed E-state index contributed by atoms with van der Waals surface area (Å²) in [6.45, 7) is 1.73. The normalized spacial score (nSPS) is 10.6. The van der Waals surface area contributed by atoms with Gasteiger partial charge in [-0.25, -0.2) is 4.98 Å². The summed E-state index contributed by atoms with van der Waals surface area (Å²) in [6, 6.07) is 4.88. The van der Waals surface area contributed by atoms with E-state index >= 15 is 0 Å². The number of ether oxygens (including phenoxy) is 1. The highest BCUT2D eigenvalue weighted by Crippen LogP contribution is 2.09. The topological polar surface area (TPSA) is 60.7 Å². The predicted molar refractivity (Wildman–Crippen MR) is 69.2 cm³/mol. The molecular formula is C12H11BrN2O3. The highest BCUT2D eigenvalue weighted by Gasteiger charge is 2.05. The molecule has 2 aromatic heterocycles. The van der Waals surface area contributed by atoms with Gasteiger partial charge < -0.3 is 4.74 Å². The highest BCUT2D eigenvalue weighted by molar-refractivity contribution is 9.10. The van der Waals surface area contributed by atoms with Crippen LogP contribution in [0, 0.1) is 0 Å². The second-order valence-corrected chi connectivity index (χ2v) is 4.59. The molecule has 0 aliphatic heterocycles. The lowest BCUT2D eigenvalue weighted by Crippen LogP contribution is -2.16. The molecule has 2 rings (SSSR count). The van der Waals surface area contributed by atoms with Gasteiger partial charge in [0.05, 0.1) is 5.69 Å². The van der Waals surface area contributed by atoms with Crippen molar-refractivity contribution in [2.75, 3.05) is 0 Å². The summed E-state index contributed by atoms with van der Waals surface area (Å²) >= 11 is 3.29. The monoisotopic (exact) mass is 310 g/mol. The van der Waals surface area contributed by atoms with Crippen molar-refractivity contribution < 1.29 is 9.53 Å². The minimum atomic E-state index is -0.312. The third-order valence-electron chi connectivity index (χ3n) is 2.35. The SMILES string of the molecule is CCC(=O)OCc1cc(=O)n2cc(Br)ccc2n1. The number of fused-ring (bicyclic) bond motifs is 1. The predicted octanol–water partition coefficient (Wildman–Crippen LogP) is 1.91. The van der Waals surface area contributed by atoms with E-state index in [1.54, 1.807) is 25.3 Å². The van der Waals surface area contributed by atoms with Gasteiger partial charge in [-0.05, 0) is 28.1 Å². The van der Waals surface area contributed by atoms with Gasteiger partial charge in [0, 0.05) is 23.2 Å². The standard InChI is InChI=1S/C12H11BrN2O3/c1-2-12(17)18-7-9-5-11(16)15-6-8(13)3-4-10(15)14-9/h3-6H,2,7H2,1H3. The summed E-state index contributed by atoms with van der Waals surface area (Å²) in [5.74, 6) is -0.312. The molecule has 0 aromatic carbocycles. The average Bonchev–Trinajstić information content (AvgIpc) is 2.37. The van der Waals surface area contributed by atoms with E-state index in [0.29, 0.717) is 17.8 Å². The maximum atomic E-state index is 11.8.